The molecule has 0 atom stereocenters. The Kier molecular flexibility index (Phi) is 5.72. The first-order chi connectivity index (χ1) is 15.0. The van der Waals surface area contributed by atoms with Gasteiger partial charge in [-0.25, -0.2) is 14.2 Å². The Hall–Kier alpha value is -3.66. The molecule has 4 rings (SSSR count). The summed E-state index contributed by atoms with van der Waals surface area (Å²) in [5, 5.41) is 0. The van der Waals surface area contributed by atoms with Gasteiger partial charge in [0.25, 0.3) is 5.56 Å². The molecule has 1 fully saturated rings. The average Bonchev–Trinajstić information content (AvgIpc) is 2.79. The van der Waals surface area contributed by atoms with E-state index in [1.54, 1.807) is 37.4 Å². The smallest absolute Gasteiger partial charge is 0.260 e. The molecule has 158 valence electrons. The summed E-state index contributed by atoms with van der Waals surface area (Å²) < 4.78 is 21.1. The molecule has 1 aliphatic rings. The predicted octanol–water partition coefficient (Wildman–Crippen LogP) is 4.83. The Morgan fingerprint density at radius 3 is 2.45 bits per heavy atom. The van der Waals surface area contributed by atoms with Gasteiger partial charge in [-0.2, -0.15) is 0 Å². The van der Waals surface area contributed by atoms with Crippen molar-refractivity contribution in [3.05, 3.63) is 76.1 Å². The van der Waals surface area contributed by atoms with E-state index in [9.17, 15) is 9.18 Å². The predicted molar refractivity (Wildman–Crippen MR) is 119 cm³/mol. The lowest BCUT2D eigenvalue weighted by molar-refractivity contribution is 0.414. The van der Waals surface area contributed by atoms with E-state index in [1.165, 1.54) is 22.8 Å². The van der Waals surface area contributed by atoms with Crippen molar-refractivity contribution < 1.29 is 9.13 Å². The van der Waals surface area contributed by atoms with Gasteiger partial charge in [0.15, 0.2) is 0 Å². The zero-order chi connectivity index (χ0) is 22.0. The van der Waals surface area contributed by atoms with Crippen LogP contribution in [0.3, 0.4) is 0 Å². The first-order valence-electron chi connectivity index (χ1n) is 10.2. The topological polar surface area (TPSA) is 51.7 Å². The Bertz CT molecular complexity index is 1190. The summed E-state index contributed by atoms with van der Waals surface area (Å²) in [7, 11) is 1.57. The van der Waals surface area contributed by atoms with Gasteiger partial charge in [0.2, 0.25) is 5.69 Å². The second-order valence-corrected chi connectivity index (χ2v) is 7.76. The van der Waals surface area contributed by atoms with E-state index < -0.39 is 5.82 Å². The number of anilines is 1. The summed E-state index contributed by atoms with van der Waals surface area (Å²) in [6.45, 7) is 11.0. The van der Waals surface area contributed by atoms with E-state index in [-0.39, 0.29) is 11.2 Å². The maximum Gasteiger partial charge on any atom is 0.260 e. The number of nitrogens with zero attached hydrogens (tertiary/aromatic N) is 4. The fraction of sp³-hybridized carbons (Fsp3) is 0.292. The highest BCUT2D eigenvalue weighted by atomic mass is 19.1. The van der Waals surface area contributed by atoms with E-state index in [1.807, 2.05) is 0 Å². The van der Waals surface area contributed by atoms with E-state index in [0.29, 0.717) is 34.6 Å². The van der Waals surface area contributed by atoms with E-state index in [2.05, 4.69) is 16.7 Å². The van der Waals surface area contributed by atoms with Crippen LogP contribution in [-0.2, 0) is 0 Å². The van der Waals surface area contributed by atoms with Crippen molar-refractivity contribution in [2.24, 2.45) is 5.92 Å². The van der Waals surface area contributed by atoms with Gasteiger partial charge < -0.3 is 9.64 Å². The molecule has 0 radical (unpaired) electrons. The van der Waals surface area contributed by atoms with E-state index in [0.717, 1.165) is 25.9 Å². The molecule has 0 spiro atoms. The minimum Gasteiger partial charge on any atom is -0.497 e. The maximum absolute atomic E-state index is 14.4. The van der Waals surface area contributed by atoms with Crippen LogP contribution in [0.5, 0.6) is 5.75 Å². The van der Waals surface area contributed by atoms with Gasteiger partial charge in [-0.3, -0.25) is 9.36 Å². The van der Waals surface area contributed by atoms with E-state index >= 15 is 0 Å². The molecule has 0 bridgehead atoms. The van der Waals surface area contributed by atoms with Crippen LogP contribution in [-0.4, -0.2) is 29.8 Å². The second kappa shape index (κ2) is 8.60. The summed E-state index contributed by atoms with van der Waals surface area (Å²) in [6, 6.07) is 12.9. The lowest BCUT2D eigenvalue weighted by Gasteiger charge is -2.31. The van der Waals surface area contributed by atoms with Gasteiger partial charge in [-0.1, -0.05) is 19.1 Å². The number of aromatic nitrogens is 2. The Morgan fingerprint density at radius 2 is 1.84 bits per heavy atom. The fourth-order valence-electron chi connectivity index (χ4n) is 3.78. The van der Waals surface area contributed by atoms with Gasteiger partial charge in [0.05, 0.1) is 19.4 Å². The van der Waals surface area contributed by atoms with Crippen LogP contribution in [0.4, 0.5) is 15.9 Å². The molecule has 7 heteroatoms. The molecule has 31 heavy (non-hydrogen) atoms. The number of piperidine rings is 1. The molecule has 0 saturated carbocycles. The van der Waals surface area contributed by atoms with Crippen LogP contribution >= 0.6 is 0 Å². The summed E-state index contributed by atoms with van der Waals surface area (Å²) >= 11 is 0. The van der Waals surface area contributed by atoms with Crippen molar-refractivity contribution in [1.29, 1.82) is 0 Å². The zero-order valence-corrected chi connectivity index (χ0v) is 17.5. The summed E-state index contributed by atoms with van der Waals surface area (Å²) in [5.74, 6) is 1.59. The molecule has 3 aromatic rings. The van der Waals surface area contributed by atoms with Gasteiger partial charge in [-0.15, -0.1) is 0 Å². The monoisotopic (exact) mass is 418 g/mol. The largest absolute Gasteiger partial charge is 0.497 e. The second-order valence-electron chi connectivity index (χ2n) is 7.76. The lowest BCUT2D eigenvalue weighted by atomic mass is 9.99. The Labute approximate surface area is 180 Å². The third-order valence-corrected chi connectivity index (χ3v) is 5.67. The molecular weight excluding hydrogens is 395 g/mol. The molecule has 2 aromatic carbocycles. The molecule has 1 aliphatic heterocycles. The molecular formula is C24H23FN4O2. The lowest BCUT2D eigenvalue weighted by Crippen LogP contribution is -2.35. The zero-order valence-electron chi connectivity index (χ0n) is 17.5. The molecule has 0 amide bonds. The quantitative estimate of drug-likeness (QED) is 0.569. The first kappa shape index (κ1) is 20.6. The summed E-state index contributed by atoms with van der Waals surface area (Å²) in [6.07, 6.45) is 2.07. The summed E-state index contributed by atoms with van der Waals surface area (Å²) in [4.78, 5) is 23.3. The molecule has 6 nitrogen and oxygen atoms in total. The van der Waals surface area contributed by atoms with Crippen molar-refractivity contribution in [3.63, 3.8) is 0 Å². The highest BCUT2D eigenvalue weighted by Gasteiger charge is 2.21. The maximum atomic E-state index is 14.4. The molecule has 1 saturated heterocycles. The number of benzene rings is 2. The van der Waals surface area contributed by atoms with Crippen molar-refractivity contribution in [3.8, 4) is 22.8 Å². The Balaban J connectivity index is 1.88. The van der Waals surface area contributed by atoms with Crippen LogP contribution in [0.25, 0.3) is 21.9 Å². The molecule has 0 N–H and O–H groups in total. The first-order valence-corrected chi connectivity index (χ1v) is 10.2. The third-order valence-electron chi connectivity index (χ3n) is 5.67. The van der Waals surface area contributed by atoms with Gasteiger partial charge in [0.1, 0.15) is 23.2 Å². The molecule has 2 heterocycles. The molecule has 1 aromatic heterocycles. The molecule has 0 unspecified atom stereocenters. The van der Waals surface area contributed by atoms with Crippen molar-refractivity contribution >= 4 is 11.5 Å². The molecule has 0 aliphatic carbocycles. The average molecular weight is 418 g/mol. The standard InChI is InChI=1S/C24H23FN4O2/c1-16-10-12-28(13-11-16)22-15-23(30)29(18-5-7-19(31-3)8-6-18)24(27-22)17-4-9-21(26-2)20(25)14-17/h4-9,14-16H,10-13H2,1,3H3. The minimum atomic E-state index is -0.639. The van der Waals surface area contributed by atoms with Crippen LogP contribution in [0.2, 0.25) is 0 Å². The van der Waals surface area contributed by atoms with Gasteiger partial charge in [-0.05, 0) is 49.1 Å². The normalized spacial score (nSPS) is 14.3. The van der Waals surface area contributed by atoms with Crippen LogP contribution in [0.15, 0.2) is 53.3 Å². The number of hydrogen-bond acceptors (Lipinski definition) is 4. The SMILES string of the molecule is [C-]#[N+]c1ccc(-c2nc(N3CCC(C)CC3)cc(=O)n2-c2ccc(OC)cc2)cc1F. The van der Waals surface area contributed by atoms with Crippen LogP contribution in [0, 0.1) is 18.3 Å². The highest BCUT2D eigenvalue weighted by Crippen LogP contribution is 2.29. The van der Waals surface area contributed by atoms with E-state index in [4.69, 9.17) is 16.3 Å². The van der Waals surface area contributed by atoms with Crippen LogP contribution in [0.1, 0.15) is 19.8 Å². The number of ether oxygens (including phenoxy) is 1. The minimum absolute atomic E-state index is 0.0664. The Morgan fingerprint density at radius 1 is 1.13 bits per heavy atom. The van der Waals surface area contributed by atoms with Gasteiger partial charge in [0, 0.05) is 24.7 Å². The van der Waals surface area contributed by atoms with Gasteiger partial charge >= 0.3 is 0 Å². The number of methoxy groups -OCH3 is 1. The van der Waals surface area contributed by atoms with Crippen molar-refractivity contribution in [1.82, 2.24) is 9.55 Å². The summed E-state index contributed by atoms with van der Waals surface area (Å²) in [5.41, 5.74) is 0.716. The number of hydrogen-bond donors (Lipinski definition) is 0. The third kappa shape index (κ3) is 4.15. The fourth-order valence-corrected chi connectivity index (χ4v) is 3.78. The number of halogens is 1. The van der Waals surface area contributed by atoms with Crippen molar-refractivity contribution in [2.45, 2.75) is 19.8 Å². The number of rotatable bonds is 4. The highest BCUT2D eigenvalue weighted by molar-refractivity contribution is 5.65. The van der Waals surface area contributed by atoms with Crippen LogP contribution < -0.4 is 15.2 Å². The van der Waals surface area contributed by atoms with Crippen molar-refractivity contribution in [2.75, 3.05) is 25.1 Å².